The Labute approximate surface area is 156 Å². The minimum Gasteiger partial charge on any atom is -0.417 e. The average molecular weight is 397 g/mol. The second-order valence-electron chi connectivity index (χ2n) is 8.17. The minimum absolute atomic E-state index is 0.0607. The highest BCUT2D eigenvalue weighted by atomic mass is 32.2. The van der Waals surface area contributed by atoms with E-state index in [0.717, 1.165) is 0 Å². The van der Waals surface area contributed by atoms with E-state index in [1.807, 2.05) is 25.1 Å². The van der Waals surface area contributed by atoms with Crippen molar-refractivity contribution in [2.24, 2.45) is 5.92 Å². The van der Waals surface area contributed by atoms with E-state index < -0.39 is 18.2 Å². The molecule has 2 rings (SSSR count). The summed E-state index contributed by atoms with van der Waals surface area (Å²) in [5.74, 6) is -0.218. The van der Waals surface area contributed by atoms with Gasteiger partial charge in [0, 0.05) is 6.61 Å². The molecule has 0 bridgehead atoms. The highest BCUT2D eigenvalue weighted by molar-refractivity contribution is 7.91. The van der Waals surface area contributed by atoms with Crippen LogP contribution in [0.5, 0.6) is 0 Å². The first-order valence-corrected chi connectivity index (χ1v) is 13.2. The number of rotatable bonds is 7. The molecule has 144 valence electrons. The van der Waals surface area contributed by atoms with Crippen LogP contribution in [0.1, 0.15) is 27.7 Å². The molecule has 0 saturated heterocycles. The lowest BCUT2D eigenvalue weighted by Crippen LogP contribution is -2.42. The SMILES string of the molecule is C[C@@H](CO[Si](C)(C)C(C)(C)C)CS(=O)(=O)c1nnnn1-c1ccccc1. The van der Waals surface area contributed by atoms with Crippen molar-refractivity contribution in [1.82, 2.24) is 20.2 Å². The fourth-order valence-electron chi connectivity index (χ4n) is 2.17. The van der Waals surface area contributed by atoms with E-state index in [-0.39, 0.29) is 21.9 Å². The van der Waals surface area contributed by atoms with Crippen molar-refractivity contribution in [3.05, 3.63) is 30.3 Å². The van der Waals surface area contributed by atoms with E-state index in [1.54, 1.807) is 12.1 Å². The third-order valence-corrected chi connectivity index (χ3v) is 11.1. The van der Waals surface area contributed by atoms with Gasteiger partial charge >= 0.3 is 0 Å². The summed E-state index contributed by atoms with van der Waals surface area (Å²) >= 11 is 0. The maximum absolute atomic E-state index is 12.8. The van der Waals surface area contributed by atoms with E-state index >= 15 is 0 Å². The van der Waals surface area contributed by atoms with Crippen molar-refractivity contribution in [3.8, 4) is 5.69 Å². The standard InChI is InChI=1S/C17H28N4O3SSi/c1-14(12-24-26(5,6)17(2,3)4)13-25(22,23)16-18-19-20-21(16)15-10-8-7-9-11-15/h7-11,14H,12-13H2,1-6H3/t14-/m0/s1. The lowest BCUT2D eigenvalue weighted by Gasteiger charge is -2.36. The molecule has 2 aromatic rings. The third-order valence-electron chi connectivity index (χ3n) is 4.76. The number of tetrazole rings is 1. The molecule has 7 nitrogen and oxygen atoms in total. The van der Waals surface area contributed by atoms with E-state index in [9.17, 15) is 8.42 Å². The molecule has 0 saturated carbocycles. The number of nitrogens with zero attached hydrogens (tertiary/aromatic N) is 4. The zero-order valence-corrected chi connectivity index (χ0v) is 18.1. The van der Waals surface area contributed by atoms with Crippen molar-refractivity contribution in [1.29, 1.82) is 0 Å². The maximum atomic E-state index is 12.8. The molecule has 0 unspecified atom stereocenters. The van der Waals surface area contributed by atoms with Crippen LogP contribution in [0.4, 0.5) is 0 Å². The summed E-state index contributed by atoms with van der Waals surface area (Å²) in [4.78, 5) is 0. The molecule has 26 heavy (non-hydrogen) atoms. The van der Waals surface area contributed by atoms with Crippen LogP contribution in [0.3, 0.4) is 0 Å². The van der Waals surface area contributed by atoms with Gasteiger partial charge in [0.1, 0.15) is 0 Å². The van der Waals surface area contributed by atoms with Crippen LogP contribution in [0.15, 0.2) is 35.5 Å². The Morgan fingerprint density at radius 2 is 1.81 bits per heavy atom. The van der Waals surface area contributed by atoms with Crippen molar-refractivity contribution in [3.63, 3.8) is 0 Å². The van der Waals surface area contributed by atoms with Gasteiger partial charge in [-0.3, -0.25) is 0 Å². The number of hydrogen-bond acceptors (Lipinski definition) is 6. The van der Waals surface area contributed by atoms with Crippen LogP contribution >= 0.6 is 0 Å². The Morgan fingerprint density at radius 3 is 2.38 bits per heavy atom. The molecule has 0 N–H and O–H groups in total. The predicted octanol–water partition coefficient (Wildman–Crippen LogP) is 3.09. The Morgan fingerprint density at radius 1 is 1.19 bits per heavy atom. The van der Waals surface area contributed by atoms with Crippen LogP contribution in [0, 0.1) is 5.92 Å². The second kappa shape index (κ2) is 7.57. The molecule has 1 aromatic heterocycles. The molecule has 0 spiro atoms. The first-order valence-electron chi connectivity index (χ1n) is 8.64. The molecule has 0 fully saturated rings. The van der Waals surface area contributed by atoms with Gasteiger partial charge in [-0.1, -0.05) is 51.0 Å². The van der Waals surface area contributed by atoms with E-state index in [2.05, 4.69) is 49.4 Å². The van der Waals surface area contributed by atoms with Crippen molar-refractivity contribution in [2.75, 3.05) is 12.4 Å². The van der Waals surface area contributed by atoms with Crippen LogP contribution in [-0.4, -0.2) is 49.3 Å². The Balaban J connectivity index is 2.12. The molecule has 0 amide bonds. The Hall–Kier alpha value is -1.58. The number of hydrogen-bond donors (Lipinski definition) is 0. The summed E-state index contributed by atoms with van der Waals surface area (Å²) < 4.78 is 33.0. The summed E-state index contributed by atoms with van der Waals surface area (Å²) in [5, 5.41) is 11.1. The van der Waals surface area contributed by atoms with Crippen LogP contribution in [0.2, 0.25) is 18.1 Å². The Bertz CT molecular complexity index is 829. The molecule has 0 aliphatic carbocycles. The smallest absolute Gasteiger partial charge is 0.272 e. The quantitative estimate of drug-likeness (QED) is 0.668. The normalized spacial score (nSPS) is 14.4. The summed E-state index contributed by atoms with van der Waals surface area (Å²) in [6.45, 7) is 13.1. The van der Waals surface area contributed by atoms with Gasteiger partial charge in [0.2, 0.25) is 9.84 Å². The molecule has 1 atom stereocenters. The van der Waals surface area contributed by atoms with Gasteiger partial charge in [-0.05, 0) is 46.6 Å². The molecule has 9 heteroatoms. The summed E-state index contributed by atoms with van der Waals surface area (Å²) in [7, 11) is -5.55. The molecule has 1 heterocycles. The fourth-order valence-corrected chi connectivity index (χ4v) is 4.86. The summed E-state index contributed by atoms with van der Waals surface area (Å²) in [6.07, 6.45) is 0. The summed E-state index contributed by atoms with van der Waals surface area (Å²) in [6, 6.07) is 8.99. The fraction of sp³-hybridized carbons (Fsp3) is 0.588. The lowest BCUT2D eigenvalue weighted by molar-refractivity contribution is 0.248. The minimum atomic E-state index is -3.64. The van der Waals surface area contributed by atoms with Gasteiger partial charge in [0.15, 0.2) is 8.32 Å². The van der Waals surface area contributed by atoms with E-state index in [0.29, 0.717) is 12.3 Å². The first-order chi connectivity index (χ1) is 11.9. The molecular weight excluding hydrogens is 368 g/mol. The molecule has 1 aromatic carbocycles. The van der Waals surface area contributed by atoms with E-state index in [1.165, 1.54) is 4.68 Å². The molecule has 0 aliphatic heterocycles. The van der Waals surface area contributed by atoms with Crippen molar-refractivity contribution in [2.45, 2.75) is 51.0 Å². The number of benzene rings is 1. The van der Waals surface area contributed by atoms with Gasteiger partial charge in [-0.25, -0.2) is 8.42 Å². The topological polar surface area (TPSA) is 87.0 Å². The predicted molar refractivity (Wildman–Crippen MR) is 104 cm³/mol. The van der Waals surface area contributed by atoms with Crippen molar-refractivity contribution < 1.29 is 12.8 Å². The number of aromatic nitrogens is 4. The zero-order chi connectivity index (χ0) is 19.6. The molecular formula is C17H28N4O3SSi. The zero-order valence-electron chi connectivity index (χ0n) is 16.3. The number of sulfone groups is 1. The van der Waals surface area contributed by atoms with Crippen LogP contribution < -0.4 is 0 Å². The van der Waals surface area contributed by atoms with Gasteiger partial charge in [0.25, 0.3) is 5.16 Å². The second-order valence-corrected chi connectivity index (χ2v) is 14.9. The van der Waals surface area contributed by atoms with E-state index in [4.69, 9.17) is 4.43 Å². The monoisotopic (exact) mass is 396 g/mol. The molecule has 0 radical (unpaired) electrons. The summed E-state index contributed by atoms with van der Waals surface area (Å²) in [5.41, 5.74) is 0.612. The van der Waals surface area contributed by atoms with Gasteiger partial charge in [-0.2, -0.15) is 4.68 Å². The average Bonchev–Trinajstić information content (AvgIpc) is 3.03. The van der Waals surface area contributed by atoms with Gasteiger partial charge in [0.05, 0.1) is 11.4 Å². The Kier molecular flexibility index (Phi) is 6.04. The molecule has 0 aliphatic rings. The van der Waals surface area contributed by atoms with Gasteiger partial charge < -0.3 is 4.43 Å². The highest BCUT2D eigenvalue weighted by Gasteiger charge is 2.37. The largest absolute Gasteiger partial charge is 0.417 e. The first kappa shape index (κ1) is 20.7. The van der Waals surface area contributed by atoms with Gasteiger partial charge in [-0.15, -0.1) is 0 Å². The van der Waals surface area contributed by atoms with Crippen LogP contribution in [-0.2, 0) is 14.3 Å². The highest BCUT2D eigenvalue weighted by Crippen LogP contribution is 2.36. The van der Waals surface area contributed by atoms with Crippen LogP contribution in [0.25, 0.3) is 5.69 Å². The van der Waals surface area contributed by atoms with Crippen molar-refractivity contribution >= 4 is 18.2 Å². The number of para-hydroxylation sites is 1. The third kappa shape index (κ3) is 4.77. The lowest BCUT2D eigenvalue weighted by atomic mass is 10.2. The maximum Gasteiger partial charge on any atom is 0.272 e.